The first-order valence-electron chi connectivity index (χ1n) is 9.38. The number of hydrogen-bond donors (Lipinski definition) is 1. The Bertz CT molecular complexity index is 788. The number of benzene rings is 1. The number of allylic oxidation sites excluding steroid dienone is 1. The molecule has 3 heteroatoms. The molecule has 1 unspecified atom stereocenters. The largest absolute Gasteiger partial charge is 0.278 e. The summed E-state index contributed by atoms with van der Waals surface area (Å²) in [6.07, 6.45) is 9.35. The van der Waals surface area contributed by atoms with Crippen LogP contribution in [0.15, 0.2) is 59.3 Å². The van der Waals surface area contributed by atoms with Crippen molar-refractivity contribution in [3.05, 3.63) is 71.1 Å². The molecule has 128 valence electrons. The first-order chi connectivity index (χ1) is 12.3. The lowest BCUT2D eigenvalue weighted by Crippen LogP contribution is -2.30. The quantitative estimate of drug-likeness (QED) is 0.833. The lowest BCUT2D eigenvalue weighted by molar-refractivity contribution is 0.521. The van der Waals surface area contributed by atoms with Crippen LogP contribution in [0.5, 0.6) is 0 Å². The van der Waals surface area contributed by atoms with Gasteiger partial charge < -0.3 is 0 Å². The minimum absolute atomic E-state index is 0.382. The first kappa shape index (κ1) is 16.1. The van der Waals surface area contributed by atoms with Gasteiger partial charge in [0.25, 0.3) is 0 Å². The van der Waals surface area contributed by atoms with E-state index in [-0.39, 0.29) is 0 Å². The summed E-state index contributed by atoms with van der Waals surface area (Å²) in [5.74, 6) is 0.382. The van der Waals surface area contributed by atoms with Crippen LogP contribution in [0.2, 0.25) is 0 Å². The predicted octanol–water partition coefficient (Wildman–Crippen LogP) is 5.08. The summed E-state index contributed by atoms with van der Waals surface area (Å²) in [7, 11) is 0. The second-order valence-corrected chi connectivity index (χ2v) is 7.10. The molecule has 1 saturated carbocycles. The van der Waals surface area contributed by atoms with Crippen LogP contribution in [-0.2, 0) is 0 Å². The summed E-state index contributed by atoms with van der Waals surface area (Å²) >= 11 is 0. The second kappa shape index (κ2) is 7.22. The van der Waals surface area contributed by atoms with Gasteiger partial charge in [0, 0.05) is 12.1 Å². The third-order valence-electron chi connectivity index (χ3n) is 5.32. The van der Waals surface area contributed by atoms with E-state index in [0.29, 0.717) is 5.92 Å². The van der Waals surface area contributed by atoms with Crippen molar-refractivity contribution in [3.63, 3.8) is 0 Å². The number of aromatic nitrogens is 1. The van der Waals surface area contributed by atoms with Gasteiger partial charge in [-0.1, -0.05) is 55.2 Å². The number of fused-ring (bicyclic) bond motifs is 1. The van der Waals surface area contributed by atoms with Gasteiger partial charge in [-0.3, -0.25) is 10.4 Å². The van der Waals surface area contributed by atoms with Crippen molar-refractivity contribution in [2.24, 2.45) is 11.0 Å². The van der Waals surface area contributed by atoms with Crippen molar-refractivity contribution in [2.45, 2.75) is 45.4 Å². The molecule has 0 radical (unpaired) electrons. The van der Waals surface area contributed by atoms with E-state index >= 15 is 0 Å². The van der Waals surface area contributed by atoms with Crippen molar-refractivity contribution < 1.29 is 0 Å². The minimum atomic E-state index is 0.382. The highest BCUT2D eigenvalue weighted by Crippen LogP contribution is 2.36. The van der Waals surface area contributed by atoms with Gasteiger partial charge in [-0.2, -0.15) is 5.10 Å². The topological polar surface area (TPSA) is 37.3 Å². The Kier molecular flexibility index (Phi) is 4.64. The Balaban J connectivity index is 1.76. The Hall–Kier alpha value is -2.42. The van der Waals surface area contributed by atoms with Crippen LogP contribution in [0, 0.1) is 12.8 Å². The number of aryl methyl sites for hydroxylation is 1. The summed E-state index contributed by atoms with van der Waals surface area (Å²) in [6.45, 7) is 2.13. The molecular formula is C22H25N3. The molecule has 1 aliphatic heterocycles. The maximum absolute atomic E-state index is 4.78. The van der Waals surface area contributed by atoms with Crippen molar-refractivity contribution in [1.82, 2.24) is 10.4 Å². The maximum atomic E-state index is 4.78. The summed E-state index contributed by atoms with van der Waals surface area (Å²) in [5, 5.41) is 4.78. The number of rotatable bonds is 2. The Labute approximate surface area is 149 Å². The number of hydrogen-bond acceptors (Lipinski definition) is 3. The Morgan fingerprint density at radius 3 is 2.60 bits per heavy atom. The van der Waals surface area contributed by atoms with E-state index in [1.807, 2.05) is 18.3 Å². The van der Waals surface area contributed by atoms with Crippen LogP contribution in [0.3, 0.4) is 0 Å². The molecular weight excluding hydrogens is 306 g/mol. The average molecular weight is 331 g/mol. The van der Waals surface area contributed by atoms with Gasteiger partial charge in [0.05, 0.1) is 17.1 Å². The molecule has 1 aromatic carbocycles. The van der Waals surface area contributed by atoms with E-state index in [0.717, 1.165) is 17.8 Å². The molecule has 1 fully saturated rings. The molecule has 2 heterocycles. The third-order valence-corrected chi connectivity index (χ3v) is 5.32. The first-order valence-corrected chi connectivity index (χ1v) is 9.38. The summed E-state index contributed by atoms with van der Waals surface area (Å²) in [5.41, 5.74) is 10.7. The number of nitrogens with zero attached hydrogens (tertiary/aromatic N) is 2. The highest BCUT2D eigenvalue weighted by atomic mass is 15.3. The van der Waals surface area contributed by atoms with Gasteiger partial charge in [-0.15, -0.1) is 0 Å². The summed E-state index contributed by atoms with van der Waals surface area (Å²) in [6, 6.07) is 14.9. The van der Waals surface area contributed by atoms with Crippen LogP contribution < -0.4 is 5.43 Å². The van der Waals surface area contributed by atoms with E-state index in [4.69, 9.17) is 5.10 Å². The average Bonchev–Trinajstić information content (AvgIpc) is 2.63. The fourth-order valence-corrected chi connectivity index (χ4v) is 3.95. The Morgan fingerprint density at radius 2 is 1.80 bits per heavy atom. The molecule has 4 rings (SSSR count). The molecule has 0 saturated heterocycles. The standard InChI is InChI=1S/C22H25N3/c1-16-11-13-17(14-12-16)21-18-8-4-2-3-5-9-19(18)22(25-24-21)20-10-6-7-15-23-20/h6-7,10-15,19,24H,2-5,8-9H2,1H3. The molecule has 1 aliphatic carbocycles. The van der Waals surface area contributed by atoms with Crippen LogP contribution in [0.1, 0.15) is 55.3 Å². The van der Waals surface area contributed by atoms with Gasteiger partial charge >= 0.3 is 0 Å². The monoisotopic (exact) mass is 331 g/mol. The van der Waals surface area contributed by atoms with E-state index in [2.05, 4.69) is 47.7 Å². The van der Waals surface area contributed by atoms with Crippen molar-refractivity contribution in [3.8, 4) is 0 Å². The van der Waals surface area contributed by atoms with Crippen LogP contribution in [-0.4, -0.2) is 10.7 Å². The van der Waals surface area contributed by atoms with Crippen LogP contribution >= 0.6 is 0 Å². The number of hydrazone groups is 1. The highest BCUT2D eigenvalue weighted by molar-refractivity contribution is 6.04. The molecule has 3 nitrogen and oxygen atoms in total. The zero-order valence-electron chi connectivity index (χ0n) is 14.8. The minimum Gasteiger partial charge on any atom is -0.278 e. The van der Waals surface area contributed by atoms with Gasteiger partial charge in [-0.25, -0.2) is 0 Å². The fraction of sp³-hybridized carbons (Fsp3) is 0.364. The lowest BCUT2D eigenvalue weighted by Gasteiger charge is -2.31. The number of pyridine rings is 1. The predicted molar refractivity (Wildman–Crippen MR) is 103 cm³/mol. The molecule has 0 amide bonds. The molecule has 2 aliphatic rings. The molecule has 25 heavy (non-hydrogen) atoms. The zero-order chi connectivity index (χ0) is 17.1. The Morgan fingerprint density at radius 1 is 0.960 bits per heavy atom. The van der Waals surface area contributed by atoms with Crippen molar-refractivity contribution in [1.29, 1.82) is 0 Å². The summed E-state index contributed by atoms with van der Waals surface area (Å²) in [4.78, 5) is 4.56. The molecule has 0 bridgehead atoms. The fourth-order valence-electron chi connectivity index (χ4n) is 3.95. The molecule has 0 spiro atoms. The van der Waals surface area contributed by atoms with E-state index in [1.54, 1.807) is 0 Å². The van der Waals surface area contributed by atoms with Crippen LogP contribution in [0.25, 0.3) is 5.70 Å². The van der Waals surface area contributed by atoms with E-state index in [1.165, 1.54) is 54.5 Å². The van der Waals surface area contributed by atoms with Crippen molar-refractivity contribution >= 4 is 11.4 Å². The van der Waals surface area contributed by atoms with Gasteiger partial charge in [0.2, 0.25) is 0 Å². The smallest absolute Gasteiger partial charge is 0.0935 e. The third kappa shape index (κ3) is 3.37. The number of nitrogens with one attached hydrogen (secondary N) is 1. The molecule has 1 N–H and O–H groups in total. The maximum Gasteiger partial charge on any atom is 0.0935 e. The molecule has 1 atom stereocenters. The normalized spacial score (nSPS) is 20.8. The summed E-state index contributed by atoms with van der Waals surface area (Å²) < 4.78 is 0. The highest BCUT2D eigenvalue weighted by Gasteiger charge is 2.30. The van der Waals surface area contributed by atoms with E-state index in [9.17, 15) is 0 Å². The van der Waals surface area contributed by atoms with Gasteiger partial charge in [0.15, 0.2) is 0 Å². The molecule has 2 aromatic rings. The molecule has 1 aromatic heterocycles. The van der Waals surface area contributed by atoms with Gasteiger partial charge in [-0.05, 0) is 49.5 Å². The second-order valence-electron chi connectivity index (χ2n) is 7.10. The van der Waals surface area contributed by atoms with Crippen LogP contribution in [0.4, 0.5) is 0 Å². The van der Waals surface area contributed by atoms with Crippen molar-refractivity contribution in [2.75, 3.05) is 0 Å². The zero-order valence-corrected chi connectivity index (χ0v) is 14.8. The van der Waals surface area contributed by atoms with Gasteiger partial charge in [0.1, 0.15) is 0 Å². The SMILES string of the molecule is Cc1ccc(C2=C3CCCCCCC3C(c3ccccn3)=NN2)cc1. The lowest BCUT2D eigenvalue weighted by atomic mass is 9.79. The van der Waals surface area contributed by atoms with E-state index < -0.39 is 0 Å².